The molecule has 2 N–H and O–H groups in total. The van der Waals surface area contributed by atoms with Crippen LogP contribution in [0.3, 0.4) is 0 Å². The number of aromatic nitrogens is 4. The van der Waals surface area contributed by atoms with E-state index in [1.807, 2.05) is 0 Å². The first-order valence-corrected chi connectivity index (χ1v) is 5.99. The lowest BCUT2D eigenvalue weighted by molar-refractivity contribution is -0.136. The first-order valence-electron chi connectivity index (χ1n) is 5.99. The molecule has 0 aliphatic heterocycles. The van der Waals surface area contributed by atoms with E-state index in [1.165, 1.54) is 23.0 Å². The maximum absolute atomic E-state index is 13.1. The average molecular weight is 293 g/mol. The molecule has 0 aliphatic rings. The van der Waals surface area contributed by atoms with Crippen molar-refractivity contribution in [2.45, 2.75) is 6.18 Å². The Hall–Kier alpha value is -2.64. The Morgan fingerprint density at radius 2 is 1.95 bits per heavy atom. The Morgan fingerprint density at radius 3 is 2.57 bits per heavy atom. The summed E-state index contributed by atoms with van der Waals surface area (Å²) in [5, 5.41) is 4.28. The van der Waals surface area contributed by atoms with E-state index >= 15 is 0 Å². The molecule has 0 atom stereocenters. The molecule has 0 radical (unpaired) electrons. The lowest BCUT2D eigenvalue weighted by atomic mass is 10.1. The summed E-state index contributed by atoms with van der Waals surface area (Å²) in [5.74, 6) is -0.210. The quantitative estimate of drug-likeness (QED) is 0.748. The van der Waals surface area contributed by atoms with Crippen molar-refractivity contribution in [3.63, 3.8) is 0 Å². The van der Waals surface area contributed by atoms with Crippen LogP contribution in [0.2, 0.25) is 0 Å². The number of nitrogens with zero attached hydrogens (tertiary/aromatic N) is 4. The zero-order valence-electron chi connectivity index (χ0n) is 10.9. The van der Waals surface area contributed by atoms with Crippen molar-refractivity contribution in [1.82, 2.24) is 19.7 Å². The molecule has 0 aliphatic carbocycles. The number of benzene rings is 1. The molecule has 2 heterocycles. The van der Waals surface area contributed by atoms with Crippen LogP contribution in [0.15, 0.2) is 30.6 Å². The maximum Gasteiger partial charge on any atom is 0.418 e. The third-order valence-corrected chi connectivity index (χ3v) is 3.03. The Morgan fingerprint density at radius 1 is 1.19 bits per heavy atom. The topological polar surface area (TPSA) is 69.6 Å². The van der Waals surface area contributed by atoms with Crippen molar-refractivity contribution >= 4 is 16.9 Å². The van der Waals surface area contributed by atoms with Crippen molar-refractivity contribution < 1.29 is 13.2 Å². The van der Waals surface area contributed by atoms with Gasteiger partial charge in [-0.3, -0.25) is 4.68 Å². The van der Waals surface area contributed by atoms with Crippen LogP contribution in [0.4, 0.5) is 19.1 Å². The van der Waals surface area contributed by atoms with Gasteiger partial charge in [0.05, 0.1) is 23.0 Å². The van der Waals surface area contributed by atoms with Gasteiger partial charge in [-0.15, -0.1) is 0 Å². The fraction of sp³-hybridized carbons (Fsp3) is 0.154. The van der Waals surface area contributed by atoms with E-state index in [2.05, 4.69) is 15.1 Å². The summed E-state index contributed by atoms with van der Waals surface area (Å²) < 4.78 is 40.7. The molecule has 0 fully saturated rings. The number of anilines is 1. The first-order chi connectivity index (χ1) is 9.86. The minimum absolute atomic E-state index is 0.210. The lowest BCUT2D eigenvalue weighted by Crippen LogP contribution is -2.08. The summed E-state index contributed by atoms with van der Waals surface area (Å²) in [6.07, 6.45) is -1.34. The minimum atomic E-state index is -4.51. The van der Waals surface area contributed by atoms with Crippen molar-refractivity contribution in [1.29, 1.82) is 0 Å². The van der Waals surface area contributed by atoms with Gasteiger partial charge in [0, 0.05) is 24.2 Å². The first kappa shape index (κ1) is 13.3. The monoisotopic (exact) mass is 293 g/mol. The number of nitrogens with two attached hydrogens (primary N) is 1. The highest BCUT2D eigenvalue weighted by atomic mass is 19.4. The third-order valence-electron chi connectivity index (χ3n) is 3.03. The Kier molecular flexibility index (Phi) is 2.82. The molecular weight excluding hydrogens is 283 g/mol. The molecule has 1 aromatic carbocycles. The lowest BCUT2D eigenvalue weighted by Gasteiger charge is -2.11. The number of hydrogen-bond acceptors (Lipinski definition) is 4. The van der Waals surface area contributed by atoms with Crippen molar-refractivity contribution in [3.05, 3.63) is 36.2 Å². The van der Waals surface area contributed by atoms with Crippen LogP contribution in [0.5, 0.6) is 0 Å². The highest BCUT2D eigenvalue weighted by Crippen LogP contribution is 2.36. The summed E-state index contributed by atoms with van der Waals surface area (Å²) >= 11 is 0. The normalized spacial score (nSPS) is 12.0. The van der Waals surface area contributed by atoms with Gasteiger partial charge in [-0.1, -0.05) is 12.1 Å². The molecule has 3 rings (SSSR count). The minimum Gasteiger partial charge on any atom is -0.368 e. The molecule has 3 aromatic rings. The van der Waals surface area contributed by atoms with Crippen LogP contribution < -0.4 is 5.73 Å². The second kappa shape index (κ2) is 4.44. The molecule has 8 heteroatoms. The highest BCUT2D eigenvalue weighted by Gasteiger charge is 2.33. The van der Waals surface area contributed by atoms with Crippen LogP contribution in [0.25, 0.3) is 22.2 Å². The molecule has 0 bridgehead atoms. The molecular formula is C13H10F3N5. The number of alkyl halides is 3. The summed E-state index contributed by atoms with van der Waals surface area (Å²) in [6.45, 7) is 0. The molecule has 0 saturated heterocycles. The van der Waals surface area contributed by atoms with Crippen molar-refractivity contribution in [2.75, 3.05) is 5.73 Å². The Balaban J connectivity index is 2.37. The second-order valence-electron chi connectivity index (χ2n) is 4.53. The van der Waals surface area contributed by atoms with E-state index < -0.39 is 11.7 Å². The summed E-state index contributed by atoms with van der Waals surface area (Å²) in [4.78, 5) is 7.81. The van der Waals surface area contributed by atoms with Gasteiger partial charge in [0.2, 0.25) is 5.95 Å². The van der Waals surface area contributed by atoms with Crippen LogP contribution in [0.1, 0.15) is 5.56 Å². The van der Waals surface area contributed by atoms with Gasteiger partial charge in [-0.2, -0.15) is 18.3 Å². The van der Waals surface area contributed by atoms with E-state index in [9.17, 15) is 13.2 Å². The van der Waals surface area contributed by atoms with Gasteiger partial charge in [-0.05, 0) is 6.07 Å². The van der Waals surface area contributed by atoms with Gasteiger partial charge >= 0.3 is 6.18 Å². The molecule has 0 unspecified atom stereocenters. The third kappa shape index (κ3) is 2.28. The molecule has 5 nitrogen and oxygen atoms in total. The highest BCUT2D eigenvalue weighted by molar-refractivity contribution is 5.94. The van der Waals surface area contributed by atoms with E-state index in [0.29, 0.717) is 11.3 Å². The van der Waals surface area contributed by atoms with Crippen LogP contribution in [-0.4, -0.2) is 19.7 Å². The number of nitrogen functional groups attached to an aromatic ring is 1. The van der Waals surface area contributed by atoms with Crippen molar-refractivity contribution in [2.24, 2.45) is 7.05 Å². The number of halogens is 3. The number of para-hydroxylation sites is 1. The summed E-state index contributed by atoms with van der Waals surface area (Å²) in [5.41, 5.74) is 5.43. The van der Waals surface area contributed by atoms with Gasteiger partial charge in [0.25, 0.3) is 0 Å². The molecule has 108 valence electrons. The zero-order chi connectivity index (χ0) is 15.2. The van der Waals surface area contributed by atoms with Gasteiger partial charge in [-0.25, -0.2) is 9.97 Å². The molecule has 0 saturated carbocycles. The van der Waals surface area contributed by atoms with Crippen LogP contribution >= 0.6 is 0 Å². The fourth-order valence-electron chi connectivity index (χ4n) is 2.16. The van der Waals surface area contributed by atoms with E-state index in [1.54, 1.807) is 13.2 Å². The molecule has 21 heavy (non-hydrogen) atoms. The fourth-order valence-corrected chi connectivity index (χ4v) is 2.16. The standard InChI is InChI=1S/C13H10F3N5/c1-21-6-7(5-18-21)10-8-3-2-4-9(13(14,15)16)11(8)20-12(17)19-10/h2-6H,1H3,(H2,17,19,20). The number of fused-ring (bicyclic) bond motifs is 1. The van der Waals surface area contributed by atoms with E-state index in [4.69, 9.17) is 5.73 Å². The SMILES string of the molecule is Cn1cc(-c2nc(N)nc3c(C(F)(F)F)cccc23)cn1. The largest absolute Gasteiger partial charge is 0.418 e. The molecule has 2 aromatic heterocycles. The summed E-state index contributed by atoms with van der Waals surface area (Å²) in [7, 11) is 1.71. The predicted octanol–water partition coefficient (Wildman–Crippen LogP) is 2.63. The Bertz CT molecular complexity index is 822. The zero-order valence-corrected chi connectivity index (χ0v) is 10.9. The Labute approximate surface area is 117 Å². The smallest absolute Gasteiger partial charge is 0.368 e. The predicted molar refractivity (Wildman–Crippen MR) is 71.2 cm³/mol. The number of aryl methyl sites for hydroxylation is 1. The summed E-state index contributed by atoms with van der Waals surface area (Å²) in [6, 6.07) is 3.83. The van der Waals surface area contributed by atoms with Gasteiger partial charge in [0.15, 0.2) is 0 Å². The van der Waals surface area contributed by atoms with Gasteiger partial charge < -0.3 is 5.73 Å². The molecule has 0 spiro atoms. The molecule has 0 amide bonds. The van der Waals surface area contributed by atoms with Crippen molar-refractivity contribution in [3.8, 4) is 11.3 Å². The number of hydrogen-bond donors (Lipinski definition) is 1. The van der Waals surface area contributed by atoms with Crippen LogP contribution in [-0.2, 0) is 13.2 Å². The maximum atomic E-state index is 13.1. The number of rotatable bonds is 1. The van der Waals surface area contributed by atoms with Crippen LogP contribution in [0, 0.1) is 0 Å². The average Bonchev–Trinajstić information content (AvgIpc) is 2.82. The van der Waals surface area contributed by atoms with Gasteiger partial charge in [0.1, 0.15) is 0 Å². The van der Waals surface area contributed by atoms with E-state index in [0.717, 1.165) is 6.07 Å². The van der Waals surface area contributed by atoms with E-state index in [-0.39, 0.29) is 16.9 Å². The second-order valence-corrected chi connectivity index (χ2v) is 4.53.